The van der Waals surface area contributed by atoms with Gasteiger partial charge < -0.3 is 11.1 Å². The lowest BCUT2D eigenvalue weighted by atomic mass is 10.1. The molecule has 0 saturated carbocycles. The monoisotopic (exact) mass is 266 g/mol. The van der Waals surface area contributed by atoms with Gasteiger partial charge in [0, 0.05) is 17.9 Å². The van der Waals surface area contributed by atoms with Crippen molar-refractivity contribution in [2.45, 2.75) is 12.7 Å². The topological polar surface area (TPSA) is 38.0 Å². The molecule has 0 atom stereocenters. The van der Waals surface area contributed by atoms with Gasteiger partial charge in [-0.15, -0.1) is 0 Å². The fourth-order valence-electron chi connectivity index (χ4n) is 1.70. The fraction of sp³-hybridized carbons (Fsp3) is 0.143. The third-order valence-electron chi connectivity index (χ3n) is 2.73. The molecule has 0 unspecified atom stereocenters. The lowest BCUT2D eigenvalue weighted by Crippen LogP contribution is -2.07. The first-order chi connectivity index (χ1) is 8.97. The molecule has 2 aromatic rings. The van der Waals surface area contributed by atoms with Crippen LogP contribution in [0.2, 0.25) is 0 Å². The smallest absolute Gasteiger partial charge is 0.398 e. The highest BCUT2D eigenvalue weighted by Gasteiger charge is 2.30. The number of benzene rings is 2. The van der Waals surface area contributed by atoms with Crippen molar-refractivity contribution in [1.29, 1.82) is 0 Å². The van der Waals surface area contributed by atoms with E-state index >= 15 is 0 Å². The van der Waals surface area contributed by atoms with Crippen molar-refractivity contribution < 1.29 is 13.2 Å². The third kappa shape index (κ3) is 3.40. The summed E-state index contributed by atoms with van der Waals surface area (Å²) in [5.41, 5.74) is 6.97. The SMILES string of the molecule is Nc1ccccc1CNc1cccc(C(F)(F)F)c1. The second-order valence-electron chi connectivity index (χ2n) is 4.13. The van der Waals surface area contributed by atoms with Crippen molar-refractivity contribution in [3.8, 4) is 0 Å². The van der Waals surface area contributed by atoms with Crippen LogP contribution in [-0.2, 0) is 12.7 Å². The van der Waals surface area contributed by atoms with Gasteiger partial charge in [0.1, 0.15) is 0 Å². The molecule has 0 bridgehead atoms. The Labute approximate surface area is 109 Å². The predicted molar refractivity (Wildman–Crippen MR) is 69.6 cm³/mol. The molecule has 0 aromatic heterocycles. The second-order valence-corrected chi connectivity index (χ2v) is 4.13. The summed E-state index contributed by atoms with van der Waals surface area (Å²) in [5.74, 6) is 0. The third-order valence-corrected chi connectivity index (χ3v) is 2.73. The quantitative estimate of drug-likeness (QED) is 0.827. The minimum atomic E-state index is -4.33. The molecule has 0 radical (unpaired) electrons. The molecule has 0 amide bonds. The zero-order valence-electron chi connectivity index (χ0n) is 10.0. The Kier molecular flexibility index (Phi) is 3.64. The molecule has 19 heavy (non-hydrogen) atoms. The number of hydrogen-bond donors (Lipinski definition) is 2. The van der Waals surface area contributed by atoms with Crippen molar-refractivity contribution in [3.63, 3.8) is 0 Å². The molecule has 2 rings (SSSR count). The van der Waals surface area contributed by atoms with Crippen LogP contribution in [0.3, 0.4) is 0 Å². The molecule has 0 aliphatic carbocycles. The van der Waals surface area contributed by atoms with E-state index in [0.29, 0.717) is 17.9 Å². The second kappa shape index (κ2) is 5.22. The summed E-state index contributed by atoms with van der Waals surface area (Å²) < 4.78 is 37.6. The zero-order valence-corrected chi connectivity index (χ0v) is 10.0. The Hall–Kier alpha value is -2.17. The summed E-state index contributed by atoms with van der Waals surface area (Å²) in [6, 6.07) is 12.3. The Balaban J connectivity index is 2.10. The molecule has 0 aliphatic rings. The minimum absolute atomic E-state index is 0.383. The van der Waals surface area contributed by atoms with E-state index in [1.807, 2.05) is 18.2 Å². The number of anilines is 2. The van der Waals surface area contributed by atoms with Gasteiger partial charge in [0.15, 0.2) is 0 Å². The van der Waals surface area contributed by atoms with E-state index in [0.717, 1.165) is 17.7 Å². The number of nitrogens with one attached hydrogen (secondary N) is 1. The maximum atomic E-state index is 12.5. The summed E-state index contributed by atoms with van der Waals surface area (Å²) in [6.07, 6.45) is -4.33. The molecule has 0 saturated heterocycles. The summed E-state index contributed by atoms with van der Waals surface area (Å²) in [7, 11) is 0. The highest BCUT2D eigenvalue weighted by Crippen LogP contribution is 2.30. The molecule has 0 aliphatic heterocycles. The number of alkyl halides is 3. The van der Waals surface area contributed by atoms with E-state index in [4.69, 9.17) is 5.73 Å². The van der Waals surface area contributed by atoms with Gasteiger partial charge in [0.25, 0.3) is 0 Å². The van der Waals surface area contributed by atoms with Crippen LogP contribution < -0.4 is 11.1 Å². The highest BCUT2D eigenvalue weighted by molar-refractivity contribution is 5.51. The van der Waals surface area contributed by atoms with Gasteiger partial charge in [-0.2, -0.15) is 13.2 Å². The van der Waals surface area contributed by atoms with Crippen molar-refractivity contribution in [1.82, 2.24) is 0 Å². The number of hydrogen-bond acceptors (Lipinski definition) is 2. The Morgan fingerprint density at radius 1 is 1.00 bits per heavy atom. The molecular formula is C14H13F3N2. The van der Waals surface area contributed by atoms with Crippen LogP contribution in [-0.4, -0.2) is 0 Å². The summed E-state index contributed by atoms with van der Waals surface area (Å²) in [5, 5.41) is 2.93. The Bertz CT molecular complexity index is 565. The van der Waals surface area contributed by atoms with Crippen LogP contribution >= 0.6 is 0 Å². The summed E-state index contributed by atoms with van der Waals surface area (Å²) in [6.45, 7) is 0.383. The number of nitrogen functional groups attached to an aromatic ring is 1. The molecule has 2 nitrogen and oxygen atoms in total. The molecule has 100 valence electrons. The molecule has 0 fully saturated rings. The summed E-state index contributed by atoms with van der Waals surface area (Å²) >= 11 is 0. The average Bonchev–Trinajstić information content (AvgIpc) is 2.37. The maximum Gasteiger partial charge on any atom is 0.416 e. The van der Waals surface area contributed by atoms with Crippen LogP contribution in [0, 0.1) is 0 Å². The van der Waals surface area contributed by atoms with E-state index in [1.54, 1.807) is 12.1 Å². The number of para-hydroxylation sites is 1. The molecule has 3 N–H and O–H groups in total. The van der Waals surface area contributed by atoms with E-state index in [2.05, 4.69) is 5.32 Å². The Morgan fingerprint density at radius 3 is 2.42 bits per heavy atom. The molecule has 0 spiro atoms. The number of rotatable bonds is 3. The van der Waals surface area contributed by atoms with E-state index < -0.39 is 11.7 Å². The van der Waals surface area contributed by atoms with E-state index in [1.165, 1.54) is 6.07 Å². The van der Waals surface area contributed by atoms with E-state index in [9.17, 15) is 13.2 Å². The first-order valence-electron chi connectivity index (χ1n) is 5.71. The maximum absolute atomic E-state index is 12.5. The van der Waals surface area contributed by atoms with Gasteiger partial charge in [0.2, 0.25) is 0 Å². The standard InChI is InChI=1S/C14H13F3N2/c15-14(16,17)11-5-3-6-12(8-11)19-9-10-4-1-2-7-13(10)18/h1-8,19H,9,18H2. The van der Waals surface area contributed by atoms with Crippen LogP contribution in [0.25, 0.3) is 0 Å². The highest BCUT2D eigenvalue weighted by atomic mass is 19.4. The van der Waals surface area contributed by atoms with Gasteiger partial charge in [-0.1, -0.05) is 24.3 Å². The molecule has 5 heteroatoms. The van der Waals surface area contributed by atoms with Crippen LogP contribution in [0.4, 0.5) is 24.5 Å². The largest absolute Gasteiger partial charge is 0.416 e. The van der Waals surface area contributed by atoms with E-state index in [-0.39, 0.29) is 0 Å². The molecular weight excluding hydrogens is 253 g/mol. The number of halogens is 3. The van der Waals surface area contributed by atoms with Crippen LogP contribution in [0.15, 0.2) is 48.5 Å². The average molecular weight is 266 g/mol. The minimum Gasteiger partial charge on any atom is -0.398 e. The lowest BCUT2D eigenvalue weighted by molar-refractivity contribution is -0.137. The van der Waals surface area contributed by atoms with Crippen molar-refractivity contribution in [2.24, 2.45) is 0 Å². The predicted octanol–water partition coefficient (Wildman–Crippen LogP) is 3.90. The molecule has 2 aromatic carbocycles. The lowest BCUT2D eigenvalue weighted by Gasteiger charge is -2.11. The summed E-state index contributed by atoms with van der Waals surface area (Å²) in [4.78, 5) is 0. The molecule has 0 heterocycles. The first kappa shape index (κ1) is 13.3. The van der Waals surface area contributed by atoms with Crippen LogP contribution in [0.1, 0.15) is 11.1 Å². The van der Waals surface area contributed by atoms with Crippen molar-refractivity contribution in [3.05, 3.63) is 59.7 Å². The van der Waals surface area contributed by atoms with Gasteiger partial charge in [0.05, 0.1) is 5.56 Å². The fourth-order valence-corrected chi connectivity index (χ4v) is 1.70. The zero-order chi connectivity index (χ0) is 13.9. The van der Waals surface area contributed by atoms with Crippen LogP contribution in [0.5, 0.6) is 0 Å². The van der Waals surface area contributed by atoms with Gasteiger partial charge >= 0.3 is 6.18 Å². The van der Waals surface area contributed by atoms with Crippen molar-refractivity contribution >= 4 is 11.4 Å². The van der Waals surface area contributed by atoms with Gasteiger partial charge in [-0.25, -0.2) is 0 Å². The van der Waals surface area contributed by atoms with Gasteiger partial charge in [-0.05, 0) is 29.8 Å². The first-order valence-corrected chi connectivity index (χ1v) is 5.71. The Morgan fingerprint density at radius 2 is 1.74 bits per heavy atom. The van der Waals surface area contributed by atoms with Crippen molar-refractivity contribution in [2.75, 3.05) is 11.1 Å². The number of nitrogens with two attached hydrogens (primary N) is 1. The normalized spacial score (nSPS) is 11.3. The van der Waals surface area contributed by atoms with Gasteiger partial charge in [-0.3, -0.25) is 0 Å².